The van der Waals surface area contributed by atoms with Gasteiger partial charge in [-0.15, -0.1) is 11.3 Å². The molecule has 8 heteroatoms. The molecule has 0 spiro atoms. The summed E-state index contributed by atoms with van der Waals surface area (Å²) in [7, 11) is 0. The van der Waals surface area contributed by atoms with Gasteiger partial charge in [0.15, 0.2) is 0 Å². The maximum Gasteiger partial charge on any atom is 0.336 e. The predicted octanol–water partition coefficient (Wildman–Crippen LogP) is 3.56. The lowest BCUT2D eigenvalue weighted by Gasteiger charge is -2.14. The average molecular weight is 436 g/mol. The van der Waals surface area contributed by atoms with Crippen LogP contribution in [0.25, 0.3) is 15.9 Å². The van der Waals surface area contributed by atoms with Gasteiger partial charge in [-0.3, -0.25) is 14.2 Å². The molecule has 1 N–H and O–H groups in total. The quantitative estimate of drug-likeness (QED) is 0.502. The number of nitrogens with one attached hydrogen (secondary N) is 1. The van der Waals surface area contributed by atoms with Crippen molar-refractivity contribution in [2.45, 2.75) is 20.4 Å². The topological polar surface area (TPSA) is 82.3 Å². The van der Waals surface area contributed by atoms with E-state index in [9.17, 15) is 14.4 Å². The van der Waals surface area contributed by atoms with Crippen LogP contribution in [0.4, 0.5) is 5.69 Å². The molecule has 0 radical (unpaired) electrons. The van der Waals surface area contributed by atoms with Gasteiger partial charge in [0.05, 0.1) is 17.8 Å². The van der Waals surface area contributed by atoms with E-state index in [4.69, 9.17) is 4.74 Å². The first kappa shape index (κ1) is 20.6. The molecule has 0 saturated carbocycles. The minimum Gasteiger partial charge on any atom is -0.494 e. The Hall–Kier alpha value is -3.65. The zero-order valence-corrected chi connectivity index (χ0v) is 17.9. The van der Waals surface area contributed by atoms with Crippen LogP contribution in [-0.4, -0.2) is 21.6 Å². The second-order valence-corrected chi connectivity index (χ2v) is 7.85. The van der Waals surface area contributed by atoms with Crippen LogP contribution in [0.5, 0.6) is 5.75 Å². The third-order valence-electron chi connectivity index (χ3n) is 4.86. The second-order valence-electron chi connectivity index (χ2n) is 6.94. The lowest BCUT2D eigenvalue weighted by molar-refractivity contribution is -0.116. The summed E-state index contributed by atoms with van der Waals surface area (Å²) in [6.45, 7) is 4.07. The highest BCUT2D eigenvalue weighted by Crippen LogP contribution is 2.19. The van der Waals surface area contributed by atoms with E-state index in [0.717, 1.165) is 10.1 Å². The number of anilines is 1. The first-order valence-corrected chi connectivity index (χ1v) is 10.7. The number of aromatic nitrogens is 2. The van der Waals surface area contributed by atoms with Gasteiger partial charge in [-0.1, -0.05) is 18.2 Å². The van der Waals surface area contributed by atoms with E-state index in [0.29, 0.717) is 33.9 Å². The van der Waals surface area contributed by atoms with Crippen molar-refractivity contribution in [1.82, 2.24) is 9.13 Å². The number of ether oxygens (including phenoxy) is 1. The van der Waals surface area contributed by atoms with Crippen LogP contribution >= 0.6 is 11.3 Å². The smallest absolute Gasteiger partial charge is 0.336 e. The predicted molar refractivity (Wildman–Crippen MR) is 123 cm³/mol. The first-order valence-electron chi connectivity index (χ1n) is 9.81. The van der Waals surface area contributed by atoms with Gasteiger partial charge >= 0.3 is 5.69 Å². The third-order valence-corrected chi connectivity index (χ3v) is 5.75. The molecule has 2 heterocycles. The Morgan fingerprint density at radius 3 is 2.52 bits per heavy atom. The number of aryl methyl sites for hydroxylation is 1. The second kappa shape index (κ2) is 8.61. The summed E-state index contributed by atoms with van der Waals surface area (Å²) < 4.78 is 8.30. The zero-order chi connectivity index (χ0) is 22.0. The van der Waals surface area contributed by atoms with Crippen LogP contribution < -0.4 is 21.3 Å². The highest BCUT2D eigenvalue weighted by molar-refractivity contribution is 7.17. The number of carbonyl (C=O) groups is 1. The number of hydrogen-bond donors (Lipinski definition) is 1. The van der Waals surface area contributed by atoms with Gasteiger partial charge in [0.2, 0.25) is 5.91 Å². The summed E-state index contributed by atoms with van der Waals surface area (Å²) in [5, 5.41) is 4.54. The van der Waals surface area contributed by atoms with Crippen LogP contribution in [0, 0.1) is 6.92 Å². The standard InChI is InChI=1S/C23H21N3O4S/c1-3-30-17-10-8-16(9-11-17)24-20(27)14-25-19-12-13-31-21(19)22(28)26(23(25)29)18-7-5-4-6-15(18)2/h4-13H,3,14H2,1-2H3,(H,24,27). The van der Waals surface area contributed by atoms with Crippen molar-refractivity contribution >= 4 is 33.1 Å². The monoisotopic (exact) mass is 435 g/mol. The lowest BCUT2D eigenvalue weighted by Crippen LogP contribution is -2.40. The van der Waals surface area contributed by atoms with Crippen molar-refractivity contribution in [3.8, 4) is 11.4 Å². The lowest BCUT2D eigenvalue weighted by atomic mass is 10.2. The Balaban J connectivity index is 1.71. The Morgan fingerprint density at radius 1 is 1.06 bits per heavy atom. The summed E-state index contributed by atoms with van der Waals surface area (Å²) in [5.41, 5.74) is 1.41. The molecule has 0 fully saturated rings. The van der Waals surface area contributed by atoms with Crippen LogP contribution in [0.15, 0.2) is 69.6 Å². The highest BCUT2D eigenvalue weighted by atomic mass is 32.1. The highest BCUT2D eigenvalue weighted by Gasteiger charge is 2.18. The fourth-order valence-corrected chi connectivity index (χ4v) is 4.24. The van der Waals surface area contributed by atoms with E-state index in [1.165, 1.54) is 15.9 Å². The van der Waals surface area contributed by atoms with E-state index < -0.39 is 5.69 Å². The molecule has 0 atom stereocenters. The van der Waals surface area contributed by atoms with Crippen molar-refractivity contribution in [3.05, 3.63) is 86.4 Å². The van der Waals surface area contributed by atoms with Crippen molar-refractivity contribution in [1.29, 1.82) is 0 Å². The number of carbonyl (C=O) groups excluding carboxylic acids is 1. The molecule has 0 bridgehead atoms. The van der Waals surface area contributed by atoms with Crippen molar-refractivity contribution in [2.75, 3.05) is 11.9 Å². The number of rotatable bonds is 6. The number of hydrogen-bond acceptors (Lipinski definition) is 5. The number of amides is 1. The van der Waals surface area contributed by atoms with E-state index in [-0.39, 0.29) is 18.0 Å². The summed E-state index contributed by atoms with van der Waals surface area (Å²) in [5.74, 6) is 0.343. The van der Waals surface area contributed by atoms with Crippen molar-refractivity contribution in [3.63, 3.8) is 0 Å². The molecule has 0 unspecified atom stereocenters. The molecule has 4 aromatic rings. The third kappa shape index (κ3) is 4.02. The molecule has 0 saturated heterocycles. The van der Waals surface area contributed by atoms with Crippen molar-refractivity contribution in [2.24, 2.45) is 0 Å². The Kier molecular flexibility index (Phi) is 5.73. The summed E-state index contributed by atoms with van der Waals surface area (Å²) in [6.07, 6.45) is 0. The zero-order valence-electron chi connectivity index (χ0n) is 17.1. The van der Waals surface area contributed by atoms with Gasteiger partial charge in [0.25, 0.3) is 5.56 Å². The van der Waals surface area contributed by atoms with E-state index in [2.05, 4.69) is 5.32 Å². The van der Waals surface area contributed by atoms with E-state index in [1.54, 1.807) is 47.8 Å². The van der Waals surface area contributed by atoms with Crippen LogP contribution in [0.3, 0.4) is 0 Å². The molecule has 4 rings (SSSR count). The number of fused-ring (bicyclic) bond motifs is 1. The normalized spacial score (nSPS) is 10.9. The van der Waals surface area contributed by atoms with Crippen LogP contribution in [-0.2, 0) is 11.3 Å². The SMILES string of the molecule is CCOc1ccc(NC(=O)Cn2c(=O)n(-c3ccccc3C)c(=O)c3sccc32)cc1. The number of benzene rings is 2. The molecular weight excluding hydrogens is 414 g/mol. The summed E-state index contributed by atoms with van der Waals surface area (Å²) >= 11 is 1.25. The van der Waals surface area contributed by atoms with Gasteiger partial charge in [-0.2, -0.15) is 0 Å². The molecule has 0 aliphatic rings. The fraction of sp³-hybridized carbons (Fsp3) is 0.174. The van der Waals surface area contributed by atoms with Gasteiger partial charge in [0, 0.05) is 5.69 Å². The molecule has 2 aromatic heterocycles. The first-order chi connectivity index (χ1) is 15.0. The van der Waals surface area contributed by atoms with Gasteiger partial charge in [0.1, 0.15) is 17.0 Å². The largest absolute Gasteiger partial charge is 0.494 e. The minimum atomic E-state index is -0.549. The molecule has 7 nitrogen and oxygen atoms in total. The van der Waals surface area contributed by atoms with Gasteiger partial charge < -0.3 is 10.1 Å². The van der Waals surface area contributed by atoms with E-state index in [1.807, 2.05) is 26.0 Å². The molecule has 1 amide bonds. The van der Waals surface area contributed by atoms with Crippen LogP contribution in [0.2, 0.25) is 0 Å². The number of para-hydroxylation sites is 1. The maximum atomic E-state index is 13.3. The fourth-order valence-electron chi connectivity index (χ4n) is 3.41. The summed E-state index contributed by atoms with van der Waals surface area (Å²) in [6, 6.07) is 15.9. The average Bonchev–Trinajstić information content (AvgIpc) is 3.24. The minimum absolute atomic E-state index is 0.217. The van der Waals surface area contributed by atoms with Crippen molar-refractivity contribution < 1.29 is 9.53 Å². The maximum absolute atomic E-state index is 13.3. The number of nitrogens with zero attached hydrogens (tertiary/aromatic N) is 2. The van der Waals surface area contributed by atoms with E-state index >= 15 is 0 Å². The molecule has 158 valence electrons. The molecule has 2 aromatic carbocycles. The summed E-state index contributed by atoms with van der Waals surface area (Å²) in [4.78, 5) is 39.0. The number of thiophene rings is 1. The van der Waals surface area contributed by atoms with Gasteiger partial charge in [-0.25, -0.2) is 9.36 Å². The Bertz CT molecular complexity index is 1370. The molecule has 0 aliphatic heterocycles. The molecule has 31 heavy (non-hydrogen) atoms. The Morgan fingerprint density at radius 2 is 1.81 bits per heavy atom. The van der Waals surface area contributed by atoms with Gasteiger partial charge in [-0.05, 0) is 61.2 Å². The van der Waals surface area contributed by atoms with Crippen LogP contribution in [0.1, 0.15) is 12.5 Å². The Labute approximate surface area is 182 Å². The molecular formula is C23H21N3O4S. The molecule has 0 aliphatic carbocycles.